The van der Waals surface area contributed by atoms with Crippen LogP contribution in [0.3, 0.4) is 0 Å². The van der Waals surface area contributed by atoms with E-state index in [1.165, 1.54) is 30.0 Å². The van der Waals surface area contributed by atoms with Gasteiger partial charge < -0.3 is 24.4 Å². The molecular weight excluding hydrogens is 606 g/mol. The molecule has 4 rings (SSSR count). The maximum atomic E-state index is 15.8. The van der Waals surface area contributed by atoms with Gasteiger partial charge in [-0.1, -0.05) is 18.2 Å². The lowest BCUT2D eigenvalue weighted by Crippen LogP contribution is -2.48. The highest BCUT2D eigenvalue weighted by atomic mass is 35.5. The second-order valence-electron chi connectivity index (χ2n) is 10.9. The average molecular weight is 643 g/mol. The quantitative estimate of drug-likeness (QED) is 0.138. The minimum absolute atomic E-state index is 0.0412. The lowest BCUT2D eigenvalue weighted by atomic mass is 9.99. The van der Waals surface area contributed by atoms with Crippen molar-refractivity contribution in [1.29, 1.82) is 0 Å². The monoisotopic (exact) mass is 642 g/mol. The SMILES string of the molecule is Cc1nc(NC(C)C)c2ncn([C@@H]3O[C@](CCl)(COP(=O)(N[C@@H](C)C(=O)OC(C)C)Oc4ccccc4)[C@@H](O)[C@H]3F)c2n1. The van der Waals surface area contributed by atoms with Crippen LogP contribution in [0.4, 0.5) is 10.2 Å². The van der Waals surface area contributed by atoms with Crippen molar-refractivity contribution < 1.29 is 37.4 Å². The number of aliphatic hydroxyl groups is 1. The summed E-state index contributed by atoms with van der Waals surface area (Å²) in [6.07, 6.45) is -4.30. The van der Waals surface area contributed by atoms with Crippen LogP contribution in [0.25, 0.3) is 11.2 Å². The number of fused-ring (bicyclic) bond motifs is 1. The van der Waals surface area contributed by atoms with E-state index in [0.29, 0.717) is 17.2 Å². The molecule has 236 valence electrons. The summed E-state index contributed by atoms with van der Waals surface area (Å²) < 4.78 is 53.7. The van der Waals surface area contributed by atoms with Crippen molar-refractivity contribution in [2.45, 2.75) is 83.8 Å². The Balaban J connectivity index is 1.61. The van der Waals surface area contributed by atoms with Crippen LogP contribution in [0.1, 0.15) is 46.7 Å². The number of rotatable bonds is 13. The van der Waals surface area contributed by atoms with Gasteiger partial charge in [-0.25, -0.2) is 23.9 Å². The third-order valence-electron chi connectivity index (χ3n) is 6.43. The van der Waals surface area contributed by atoms with E-state index in [-0.39, 0.29) is 17.4 Å². The number of carbonyl (C=O) groups is 1. The van der Waals surface area contributed by atoms with Crippen molar-refractivity contribution in [3.8, 4) is 5.75 Å². The fourth-order valence-electron chi connectivity index (χ4n) is 4.41. The van der Waals surface area contributed by atoms with Crippen LogP contribution in [-0.4, -0.2) is 79.1 Å². The van der Waals surface area contributed by atoms with Crippen LogP contribution >= 0.6 is 19.3 Å². The van der Waals surface area contributed by atoms with Gasteiger partial charge in [0.05, 0.1) is 24.9 Å². The number of aryl methyl sites for hydroxylation is 1. The first-order chi connectivity index (χ1) is 20.3. The standard InChI is InChI=1S/C27H37ClFN6O7P/c1-15(2)31-23-21-24(33-18(6)32-23)35(14-30-21)25-20(29)22(36)27(12-28,41-25)13-39-43(38,42-19-10-8-7-9-11-19)34-17(5)26(37)40-16(3)4/h7-11,14-17,20,22,25,36H,12-13H2,1-6H3,(H,34,38)(H,31,32,33)/t17-,20+,22-,25+,27+,43?/m0/s1. The van der Waals surface area contributed by atoms with Crippen LogP contribution in [0.5, 0.6) is 5.75 Å². The first-order valence-electron chi connectivity index (χ1n) is 13.8. The normalized spacial score (nSPS) is 24.3. The number of carbonyl (C=O) groups excluding carboxylic acids is 1. The van der Waals surface area contributed by atoms with E-state index in [1.54, 1.807) is 39.0 Å². The van der Waals surface area contributed by atoms with Gasteiger partial charge in [0.2, 0.25) is 0 Å². The smallest absolute Gasteiger partial charge is 0.459 e. The first-order valence-corrected chi connectivity index (χ1v) is 15.9. The number of anilines is 1. The van der Waals surface area contributed by atoms with Gasteiger partial charge in [-0.05, 0) is 53.7 Å². The van der Waals surface area contributed by atoms with Gasteiger partial charge >= 0.3 is 13.7 Å². The number of aromatic nitrogens is 4. The van der Waals surface area contributed by atoms with Crippen LogP contribution in [-0.2, 0) is 23.4 Å². The number of esters is 1. The summed E-state index contributed by atoms with van der Waals surface area (Å²) in [5.74, 6) is -0.0927. The minimum atomic E-state index is -4.37. The van der Waals surface area contributed by atoms with Crippen LogP contribution in [0.2, 0.25) is 0 Å². The summed E-state index contributed by atoms with van der Waals surface area (Å²) in [6, 6.07) is 7.04. The molecule has 43 heavy (non-hydrogen) atoms. The molecule has 1 unspecified atom stereocenters. The molecule has 0 aliphatic carbocycles. The van der Waals surface area contributed by atoms with Crippen molar-refractivity contribution in [3.05, 3.63) is 42.5 Å². The molecule has 1 saturated heterocycles. The number of ether oxygens (including phenoxy) is 2. The molecule has 1 aliphatic rings. The third kappa shape index (κ3) is 7.44. The molecule has 6 atom stereocenters. The molecule has 0 saturated carbocycles. The van der Waals surface area contributed by atoms with E-state index in [9.17, 15) is 14.5 Å². The van der Waals surface area contributed by atoms with E-state index >= 15 is 4.39 Å². The summed E-state index contributed by atoms with van der Waals surface area (Å²) in [5, 5.41) is 16.8. The van der Waals surface area contributed by atoms with Gasteiger partial charge in [0, 0.05) is 6.04 Å². The van der Waals surface area contributed by atoms with Crippen LogP contribution < -0.4 is 14.9 Å². The lowest BCUT2D eigenvalue weighted by molar-refractivity contribution is -0.149. The molecule has 0 spiro atoms. The fourth-order valence-corrected chi connectivity index (χ4v) is 6.26. The molecule has 16 heteroatoms. The number of para-hydroxylation sites is 1. The highest BCUT2D eigenvalue weighted by molar-refractivity contribution is 7.52. The number of nitrogens with one attached hydrogen (secondary N) is 2. The Morgan fingerprint density at radius 3 is 2.56 bits per heavy atom. The van der Waals surface area contributed by atoms with Crippen LogP contribution in [0.15, 0.2) is 36.7 Å². The number of aliphatic hydroxyl groups excluding tert-OH is 1. The van der Waals surface area contributed by atoms with Gasteiger partial charge in [0.25, 0.3) is 0 Å². The largest absolute Gasteiger partial charge is 0.462 e. The number of hydrogen-bond donors (Lipinski definition) is 3. The van der Waals surface area contributed by atoms with Gasteiger partial charge in [-0.2, -0.15) is 5.09 Å². The molecule has 0 radical (unpaired) electrons. The highest BCUT2D eigenvalue weighted by Crippen LogP contribution is 2.49. The summed E-state index contributed by atoms with van der Waals surface area (Å²) in [4.78, 5) is 25.6. The molecule has 3 heterocycles. The Bertz CT molecular complexity index is 1460. The summed E-state index contributed by atoms with van der Waals surface area (Å²) in [7, 11) is -4.37. The molecule has 1 aromatic carbocycles. The first kappa shape index (κ1) is 33.0. The number of benzene rings is 1. The number of halogens is 2. The molecule has 13 nitrogen and oxygen atoms in total. The minimum Gasteiger partial charge on any atom is -0.462 e. The van der Waals surface area contributed by atoms with Crippen molar-refractivity contribution in [1.82, 2.24) is 24.6 Å². The lowest BCUT2D eigenvalue weighted by Gasteiger charge is -2.31. The van der Waals surface area contributed by atoms with E-state index < -0.39 is 62.5 Å². The van der Waals surface area contributed by atoms with Crippen molar-refractivity contribution in [3.63, 3.8) is 0 Å². The van der Waals surface area contributed by atoms with Crippen LogP contribution in [0, 0.1) is 6.92 Å². The maximum Gasteiger partial charge on any atom is 0.459 e. The van der Waals surface area contributed by atoms with Crippen molar-refractivity contribution in [2.24, 2.45) is 0 Å². The molecule has 0 bridgehead atoms. The molecule has 1 aliphatic heterocycles. The zero-order chi connectivity index (χ0) is 31.5. The van der Waals surface area contributed by atoms with Gasteiger partial charge in [0.15, 0.2) is 29.4 Å². The summed E-state index contributed by atoms with van der Waals surface area (Å²) in [5.41, 5.74) is -1.21. The molecule has 2 aromatic heterocycles. The van der Waals surface area contributed by atoms with Gasteiger partial charge in [0.1, 0.15) is 29.3 Å². The molecule has 3 N–H and O–H groups in total. The van der Waals surface area contributed by atoms with Gasteiger partial charge in [-0.3, -0.25) is 13.9 Å². The predicted octanol–water partition coefficient (Wildman–Crippen LogP) is 4.29. The highest BCUT2D eigenvalue weighted by Gasteiger charge is 2.57. The Hall–Kier alpha value is -2.87. The fraction of sp³-hybridized carbons (Fsp3) is 0.556. The van der Waals surface area contributed by atoms with E-state index in [4.69, 9.17) is 30.1 Å². The topological polar surface area (TPSA) is 159 Å². The second-order valence-corrected chi connectivity index (χ2v) is 12.8. The zero-order valence-corrected chi connectivity index (χ0v) is 26.4. The number of imidazole rings is 1. The Labute approximate surface area is 254 Å². The summed E-state index contributed by atoms with van der Waals surface area (Å²) >= 11 is 6.26. The number of nitrogens with zero attached hydrogens (tertiary/aromatic N) is 4. The Morgan fingerprint density at radius 2 is 1.93 bits per heavy atom. The molecule has 3 aromatic rings. The van der Waals surface area contributed by atoms with Crippen molar-refractivity contribution in [2.75, 3.05) is 17.8 Å². The molecule has 0 amide bonds. The number of alkyl halides is 2. The Kier molecular flexibility index (Phi) is 10.3. The third-order valence-corrected chi connectivity index (χ3v) is 8.51. The maximum absolute atomic E-state index is 15.8. The van der Waals surface area contributed by atoms with E-state index in [2.05, 4.69) is 25.4 Å². The average Bonchev–Trinajstić information content (AvgIpc) is 3.46. The summed E-state index contributed by atoms with van der Waals surface area (Å²) in [6.45, 7) is 9.67. The zero-order valence-electron chi connectivity index (χ0n) is 24.7. The predicted molar refractivity (Wildman–Crippen MR) is 158 cm³/mol. The van der Waals surface area contributed by atoms with Crippen molar-refractivity contribution >= 4 is 42.3 Å². The number of hydrogen-bond acceptors (Lipinski definition) is 11. The second kappa shape index (κ2) is 13.4. The molecule has 1 fully saturated rings. The Morgan fingerprint density at radius 1 is 1.23 bits per heavy atom. The van der Waals surface area contributed by atoms with E-state index in [1.807, 2.05) is 13.8 Å². The van der Waals surface area contributed by atoms with E-state index in [0.717, 1.165) is 0 Å². The molecular formula is C27H37ClFN6O7P. The van der Waals surface area contributed by atoms with Gasteiger partial charge in [-0.15, -0.1) is 11.6 Å².